The molecule has 108 valence electrons. The summed E-state index contributed by atoms with van der Waals surface area (Å²) in [6, 6.07) is 2.07. The van der Waals surface area contributed by atoms with Gasteiger partial charge < -0.3 is 9.72 Å². The van der Waals surface area contributed by atoms with Gasteiger partial charge in [-0.1, -0.05) is 0 Å². The monoisotopic (exact) mass is 372 g/mol. The first-order valence-corrected chi connectivity index (χ1v) is 6.87. The van der Waals surface area contributed by atoms with E-state index in [2.05, 4.69) is 30.9 Å². The van der Waals surface area contributed by atoms with Crippen molar-refractivity contribution in [2.45, 2.75) is 0 Å². The van der Waals surface area contributed by atoms with E-state index in [-0.39, 0.29) is 20.8 Å². The lowest BCUT2D eigenvalue weighted by Gasteiger charge is -2.07. The summed E-state index contributed by atoms with van der Waals surface area (Å²) in [5.41, 5.74) is 0.842. The lowest BCUT2D eigenvalue weighted by molar-refractivity contribution is 0.401. The topological polar surface area (TPSA) is 55.7 Å². The van der Waals surface area contributed by atoms with Crippen LogP contribution in [0.5, 0.6) is 5.88 Å². The average molecular weight is 373 g/mol. The molecule has 0 atom stereocenters. The number of rotatable bonds is 2. The molecule has 0 aliphatic heterocycles. The highest BCUT2D eigenvalue weighted by Crippen LogP contribution is 2.27. The number of hydrogen-bond donors (Lipinski definition) is 1. The molecule has 0 amide bonds. The van der Waals surface area contributed by atoms with Crippen LogP contribution >= 0.6 is 28.1 Å². The van der Waals surface area contributed by atoms with Crippen molar-refractivity contribution in [3.63, 3.8) is 0 Å². The van der Waals surface area contributed by atoms with Gasteiger partial charge in [-0.05, 0) is 34.2 Å². The van der Waals surface area contributed by atoms with Crippen molar-refractivity contribution >= 4 is 39.3 Å². The van der Waals surface area contributed by atoms with Gasteiger partial charge in [-0.15, -0.1) is 0 Å². The van der Waals surface area contributed by atoms with E-state index < -0.39 is 11.6 Å². The van der Waals surface area contributed by atoms with Crippen LogP contribution in [0.1, 0.15) is 0 Å². The van der Waals surface area contributed by atoms with E-state index in [0.29, 0.717) is 11.2 Å². The third-order valence-electron chi connectivity index (χ3n) is 2.86. The molecule has 0 spiro atoms. The molecule has 1 N–H and O–H groups in total. The number of halogens is 3. The number of aromatic nitrogens is 4. The summed E-state index contributed by atoms with van der Waals surface area (Å²) < 4.78 is 34.2. The van der Waals surface area contributed by atoms with Crippen LogP contribution in [0, 0.1) is 16.4 Å². The van der Waals surface area contributed by atoms with Crippen molar-refractivity contribution < 1.29 is 13.5 Å². The highest BCUT2D eigenvalue weighted by molar-refractivity contribution is 9.10. The maximum atomic E-state index is 14.1. The van der Waals surface area contributed by atoms with E-state index in [4.69, 9.17) is 17.0 Å². The number of ether oxygens (including phenoxy) is 1. The van der Waals surface area contributed by atoms with Crippen LogP contribution < -0.4 is 4.74 Å². The third-order valence-corrected chi connectivity index (χ3v) is 3.76. The Kier molecular flexibility index (Phi) is 3.46. The third kappa shape index (κ3) is 2.22. The van der Waals surface area contributed by atoms with Crippen molar-refractivity contribution in [3.8, 4) is 11.6 Å². The zero-order chi connectivity index (χ0) is 15.1. The number of aromatic amines is 1. The molecule has 3 aromatic rings. The molecule has 2 aromatic heterocycles. The van der Waals surface area contributed by atoms with E-state index in [0.717, 1.165) is 6.07 Å². The van der Waals surface area contributed by atoms with Gasteiger partial charge >= 0.3 is 0 Å². The maximum Gasteiger partial charge on any atom is 0.242 e. The highest BCUT2D eigenvalue weighted by atomic mass is 79.9. The molecule has 0 saturated heterocycles. The van der Waals surface area contributed by atoms with E-state index in [1.165, 1.54) is 24.1 Å². The number of nitrogens with zero attached hydrogens (tertiary/aromatic N) is 3. The fraction of sp³-hybridized carbons (Fsp3) is 0.0833. The second kappa shape index (κ2) is 5.15. The first-order valence-electron chi connectivity index (χ1n) is 5.67. The van der Waals surface area contributed by atoms with E-state index in [1.54, 1.807) is 0 Å². The Morgan fingerprint density at radius 3 is 2.76 bits per heavy atom. The van der Waals surface area contributed by atoms with Gasteiger partial charge in [0.15, 0.2) is 10.4 Å². The van der Waals surface area contributed by atoms with Crippen LogP contribution in [0.3, 0.4) is 0 Å². The summed E-state index contributed by atoms with van der Waals surface area (Å²) in [6.45, 7) is 0. The Hall–Kier alpha value is -1.87. The minimum Gasteiger partial charge on any atom is -0.479 e. The van der Waals surface area contributed by atoms with Crippen LogP contribution in [0.15, 0.2) is 22.9 Å². The number of methoxy groups -OCH3 is 1. The van der Waals surface area contributed by atoms with Crippen molar-refractivity contribution in [1.29, 1.82) is 0 Å². The molecule has 2 heterocycles. The van der Waals surface area contributed by atoms with Gasteiger partial charge in [0, 0.05) is 6.07 Å². The Balaban J connectivity index is 2.39. The van der Waals surface area contributed by atoms with Gasteiger partial charge in [-0.2, -0.15) is 4.98 Å². The second-order valence-corrected chi connectivity index (χ2v) is 5.31. The molecule has 21 heavy (non-hydrogen) atoms. The van der Waals surface area contributed by atoms with Gasteiger partial charge in [0.25, 0.3) is 0 Å². The van der Waals surface area contributed by atoms with Crippen LogP contribution in [0.25, 0.3) is 16.9 Å². The largest absolute Gasteiger partial charge is 0.479 e. The maximum absolute atomic E-state index is 14.1. The molecule has 0 bridgehead atoms. The van der Waals surface area contributed by atoms with Crippen molar-refractivity contribution in [2.24, 2.45) is 0 Å². The highest BCUT2D eigenvalue weighted by Gasteiger charge is 2.17. The van der Waals surface area contributed by atoms with Crippen LogP contribution in [0.2, 0.25) is 0 Å². The standard InChI is InChI=1S/C12H7BrF2N4OS/c1-20-11-9-10(16-4-17-11)19(12(21)18-9)8-2-5(13)6(14)3-7(8)15/h2-4H,1H3,(H,18,21). The van der Waals surface area contributed by atoms with E-state index >= 15 is 0 Å². The number of nitrogens with one attached hydrogen (secondary N) is 1. The first-order chi connectivity index (χ1) is 10.0. The van der Waals surface area contributed by atoms with Crippen molar-refractivity contribution in [2.75, 3.05) is 7.11 Å². The fourth-order valence-electron chi connectivity index (χ4n) is 1.96. The Bertz CT molecular complexity index is 908. The summed E-state index contributed by atoms with van der Waals surface area (Å²) in [6.07, 6.45) is 1.27. The lowest BCUT2D eigenvalue weighted by atomic mass is 10.3. The van der Waals surface area contributed by atoms with Gasteiger partial charge in [0.2, 0.25) is 5.88 Å². The smallest absolute Gasteiger partial charge is 0.242 e. The molecule has 0 fully saturated rings. The number of benzene rings is 1. The zero-order valence-electron chi connectivity index (χ0n) is 10.5. The summed E-state index contributed by atoms with van der Waals surface area (Å²) in [5, 5.41) is 0. The molecule has 0 aliphatic rings. The Labute approximate surface area is 130 Å². The number of H-pyrrole nitrogens is 1. The van der Waals surface area contributed by atoms with Gasteiger partial charge in [-0.25, -0.2) is 13.8 Å². The van der Waals surface area contributed by atoms with E-state index in [9.17, 15) is 8.78 Å². The average Bonchev–Trinajstić information content (AvgIpc) is 2.79. The molecule has 0 radical (unpaired) electrons. The molecular formula is C12H7BrF2N4OS. The molecule has 5 nitrogen and oxygen atoms in total. The molecule has 9 heteroatoms. The molecule has 0 saturated carbocycles. The normalized spacial score (nSPS) is 11.0. The van der Waals surface area contributed by atoms with Crippen LogP contribution in [-0.2, 0) is 0 Å². The molecule has 0 aliphatic carbocycles. The van der Waals surface area contributed by atoms with Gasteiger partial charge in [0.1, 0.15) is 23.5 Å². The summed E-state index contributed by atoms with van der Waals surface area (Å²) in [5.74, 6) is -1.17. The number of imidazole rings is 1. The quantitative estimate of drug-likeness (QED) is 0.552. The van der Waals surface area contributed by atoms with E-state index in [1.807, 2.05) is 0 Å². The second-order valence-electron chi connectivity index (χ2n) is 4.06. The Morgan fingerprint density at radius 2 is 2.05 bits per heavy atom. The first kappa shape index (κ1) is 14.1. The van der Waals surface area contributed by atoms with Crippen molar-refractivity contribution in [1.82, 2.24) is 19.5 Å². The Morgan fingerprint density at radius 1 is 1.29 bits per heavy atom. The van der Waals surface area contributed by atoms with Crippen molar-refractivity contribution in [3.05, 3.63) is 39.3 Å². The SMILES string of the molecule is COc1ncnc2c1[nH]c(=S)n2-c1cc(Br)c(F)cc1F. The van der Waals surface area contributed by atoms with Crippen LogP contribution in [0.4, 0.5) is 8.78 Å². The predicted molar refractivity (Wildman–Crippen MR) is 78.2 cm³/mol. The molecular weight excluding hydrogens is 366 g/mol. The molecule has 0 unspecified atom stereocenters. The predicted octanol–water partition coefficient (Wildman–Crippen LogP) is 3.53. The zero-order valence-corrected chi connectivity index (χ0v) is 12.9. The molecule has 3 rings (SSSR count). The summed E-state index contributed by atoms with van der Waals surface area (Å²) in [4.78, 5) is 10.9. The summed E-state index contributed by atoms with van der Waals surface area (Å²) in [7, 11) is 1.45. The fourth-order valence-corrected chi connectivity index (χ4v) is 2.58. The minimum absolute atomic E-state index is 0.0697. The van der Waals surface area contributed by atoms with Gasteiger partial charge in [-0.3, -0.25) is 4.57 Å². The minimum atomic E-state index is -0.759. The summed E-state index contributed by atoms with van der Waals surface area (Å²) >= 11 is 8.21. The lowest BCUT2D eigenvalue weighted by Crippen LogP contribution is -2.01. The van der Waals surface area contributed by atoms with Crippen LogP contribution in [-0.4, -0.2) is 26.6 Å². The van der Waals surface area contributed by atoms with Gasteiger partial charge in [0.05, 0.1) is 17.3 Å². The number of fused-ring (bicyclic) bond motifs is 1. The molecule has 1 aromatic carbocycles. The number of hydrogen-bond acceptors (Lipinski definition) is 4.